The maximum atomic E-state index is 13.4. The molecule has 1 aromatic carbocycles. The minimum absolute atomic E-state index is 0. The lowest BCUT2D eigenvalue weighted by atomic mass is 9.90. The standard InChI is InChI=1S/C14H14F2N2O.ClH/c15-10-2-4-14(11(16)6-10)19-7-9-1-3-12-13(5-9)18-8-17-12;/h2,4,6,8-9H,1,3,5,7H2,(H,17,18);1H. The molecule has 0 fully saturated rings. The first-order valence-corrected chi connectivity index (χ1v) is 6.31. The Morgan fingerprint density at radius 3 is 3.00 bits per heavy atom. The van der Waals surface area contributed by atoms with Gasteiger partial charge in [0.05, 0.1) is 18.6 Å². The number of H-pyrrole nitrogens is 1. The second-order valence-electron chi connectivity index (χ2n) is 4.82. The molecular weight excluding hydrogens is 286 g/mol. The Morgan fingerprint density at radius 1 is 1.35 bits per heavy atom. The Balaban J connectivity index is 0.00000147. The van der Waals surface area contributed by atoms with E-state index in [2.05, 4.69) is 9.97 Å². The number of imidazole rings is 1. The number of halogens is 3. The van der Waals surface area contributed by atoms with Gasteiger partial charge in [-0.2, -0.15) is 0 Å². The number of fused-ring (bicyclic) bond motifs is 1. The van der Waals surface area contributed by atoms with E-state index in [1.54, 1.807) is 6.33 Å². The van der Waals surface area contributed by atoms with E-state index in [1.807, 2.05) is 0 Å². The lowest BCUT2D eigenvalue weighted by Crippen LogP contribution is -2.21. The molecule has 3 rings (SSSR count). The SMILES string of the molecule is Cl.Fc1ccc(OCC2CCc3nc[nH]c3C2)c(F)c1. The van der Waals surface area contributed by atoms with Gasteiger partial charge in [-0.1, -0.05) is 0 Å². The first kappa shape index (κ1) is 14.8. The quantitative estimate of drug-likeness (QED) is 0.944. The third-order valence-corrected chi connectivity index (χ3v) is 3.46. The van der Waals surface area contributed by atoms with Gasteiger partial charge in [-0.05, 0) is 37.3 Å². The average molecular weight is 301 g/mol. The van der Waals surface area contributed by atoms with Crippen molar-refractivity contribution in [3.63, 3.8) is 0 Å². The van der Waals surface area contributed by atoms with E-state index in [9.17, 15) is 8.78 Å². The molecule has 1 aliphatic rings. The number of nitrogens with zero attached hydrogens (tertiary/aromatic N) is 1. The molecule has 0 radical (unpaired) electrons. The van der Waals surface area contributed by atoms with Crippen LogP contribution in [0.4, 0.5) is 8.78 Å². The van der Waals surface area contributed by atoms with Crippen molar-refractivity contribution < 1.29 is 13.5 Å². The number of hydrogen-bond donors (Lipinski definition) is 1. The molecule has 108 valence electrons. The molecule has 1 heterocycles. The number of hydrogen-bond acceptors (Lipinski definition) is 2. The zero-order valence-corrected chi connectivity index (χ0v) is 11.6. The summed E-state index contributed by atoms with van der Waals surface area (Å²) in [5, 5.41) is 0. The molecule has 2 aromatic rings. The fourth-order valence-corrected chi connectivity index (χ4v) is 2.42. The van der Waals surface area contributed by atoms with Gasteiger partial charge in [0.25, 0.3) is 0 Å². The van der Waals surface area contributed by atoms with Crippen molar-refractivity contribution in [1.29, 1.82) is 0 Å². The molecule has 0 aliphatic heterocycles. The van der Waals surface area contributed by atoms with E-state index in [4.69, 9.17) is 4.74 Å². The number of aromatic amines is 1. The van der Waals surface area contributed by atoms with Crippen molar-refractivity contribution >= 4 is 12.4 Å². The Morgan fingerprint density at radius 2 is 2.20 bits per heavy atom. The maximum Gasteiger partial charge on any atom is 0.167 e. The molecule has 0 bridgehead atoms. The number of aryl methyl sites for hydroxylation is 1. The molecule has 1 aromatic heterocycles. The van der Waals surface area contributed by atoms with Crippen LogP contribution in [0.3, 0.4) is 0 Å². The van der Waals surface area contributed by atoms with E-state index in [0.29, 0.717) is 12.5 Å². The molecule has 1 atom stereocenters. The zero-order valence-electron chi connectivity index (χ0n) is 10.7. The van der Waals surface area contributed by atoms with Crippen molar-refractivity contribution in [3.8, 4) is 5.75 Å². The van der Waals surface area contributed by atoms with Crippen molar-refractivity contribution in [2.75, 3.05) is 6.61 Å². The van der Waals surface area contributed by atoms with Gasteiger partial charge in [0.2, 0.25) is 0 Å². The maximum absolute atomic E-state index is 13.4. The fraction of sp³-hybridized carbons (Fsp3) is 0.357. The van der Waals surface area contributed by atoms with Crippen LogP contribution < -0.4 is 4.74 Å². The van der Waals surface area contributed by atoms with Crippen LogP contribution in [0.25, 0.3) is 0 Å². The van der Waals surface area contributed by atoms with Gasteiger partial charge in [0.15, 0.2) is 11.6 Å². The van der Waals surface area contributed by atoms with Gasteiger partial charge in [0.1, 0.15) is 5.82 Å². The third kappa shape index (κ3) is 3.10. The smallest absolute Gasteiger partial charge is 0.167 e. The first-order chi connectivity index (χ1) is 9.22. The molecule has 0 spiro atoms. The molecule has 3 nitrogen and oxygen atoms in total. The van der Waals surface area contributed by atoms with Crippen LogP contribution in [-0.2, 0) is 12.8 Å². The van der Waals surface area contributed by atoms with Crippen molar-refractivity contribution in [3.05, 3.63) is 47.5 Å². The number of benzene rings is 1. The van der Waals surface area contributed by atoms with E-state index >= 15 is 0 Å². The lowest BCUT2D eigenvalue weighted by Gasteiger charge is -2.21. The zero-order chi connectivity index (χ0) is 13.2. The predicted molar refractivity (Wildman–Crippen MR) is 73.2 cm³/mol. The van der Waals surface area contributed by atoms with Crippen LogP contribution in [-0.4, -0.2) is 16.6 Å². The normalized spacial score (nSPS) is 17.2. The van der Waals surface area contributed by atoms with Crippen LogP contribution in [0.15, 0.2) is 24.5 Å². The Bertz CT molecular complexity index is 588. The third-order valence-electron chi connectivity index (χ3n) is 3.46. The van der Waals surface area contributed by atoms with Crippen molar-refractivity contribution in [2.45, 2.75) is 19.3 Å². The summed E-state index contributed by atoms with van der Waals surface area (Å²) in [4.78, 5) is 7.35. The topological polar surface area (TPSA) is 37.9 Å². The monoisotopic (exact) mass is 300 g/mol. The largest absolute Gasteiger partial charge is 0.490 e. The average Bonchev–Trinajstić information content (AvgIpc) is 2.85. The van der Waals surface area contributed by atoms with Crippen molar-refractivity contribution in [1.82, 2.24) is 9.97 Å². The summed E-state index contributed by atoms with van der Waals surface area (Å²) in [5.41, 5.74) is 2.25. The number of nitrogens with one attached hydrogen (secondary N) is 1. The van der Waals surface area contributed by atoms with Gasteiger partial charge in [-0.15, -0.1) is 12.4 Å². The predicted octanol–water partition coefficient (Wildman–Crippen LogP) is 3.29. The summed E-state index contributed by atoms with van der Waals surface area (Å²) >= 11 is 0. The second kappa shape index (κ2) is 6.22. The lowest BCUT2D eigenvalue weighted by molar-refractivity contribution is 0.224. The summed E-state index contributed by atoms with van der Waals surface area (Å²) in [6.45, 7) is 0.432. The molecule has 0 saturated carbocycles. The Hall–Kier alpha value is -1.62. The minimum Gasteiger partial charge on any atom is -0.490 e. The van der Waals surface area contributed by atoms with Crippen LogP contribution >= 0.6 is 12.4 Å². The van der Waals surface area contributed by atoms with Crippen LogP contribution in [0, 0.1) is 17.6 Å². The van der Waals surface area contributed by atoms with Crippen LogP contribution in [0.1, 0.15) is 17.8 Å². The van der Waals surface area contributed by atoms with Gasteiger partial charge in [-0.3, -0.25) is 0 Å². The van der Waals surface area contributed by atoms with E-state index in [-0.39, 0.29) is 18.2 Å². The van der Waals surface area contributed by atoms with Gasteiger partial charge in [-0.25, -0.2) is 13.8 Å². The number of aromatic nitrogens is 2. The summed E-state index contributed by atoms with van der Waals surface area (Å²) in [7, 11) is 0. The highest BCUT2D eigenvalue weighted by molar-refractivity contribution is 5.85. The fourth-order valence-electron chi connectivity index (χ4n) is 2.42. The molecular formula is C14H15ClF2N2O. The van der Waals surface area contributed by atoms with Gasteiger partial charge in [0, 0.05) is 11.8 Å². The van der Waals surface area contributed by atoms with Gasteiger partial charge < -0.3 is 9.72 Å². The van der Waals surface area contributed by atoms with Gasteiger partial charge >= 0.3 is 0 Å². The summed E-state index contributed by atoms with van der Waals surface area (Å²) in [6, 6.07) is 3.37. The van der Waals surface area contributed by atoms with Crippen LogP contribution in [0.5, 0.6) is 5.75 Å². The summed E-state index contributed by atoms with van der Waals surface area (Å²) in [6.07, 6.45) is 4.45. The minimum atomic E-state index is -0.655. The second-order valence-corrected chi connectivity index (χ2v) is 4.82. The van der Waals surface area contributed by atoms with E-state index in [1.165, 1.54) is 12.1 Å². The summed E-state index contributed by atoms with van der Waals surface area (Å²) < 4.78 is 31.6. The molecule has 0 amide bonds. The highest BCUT2D eigenvalue weighted by atomic mass is 35.5. The Labute approximate surface area is 121 Å². The Kier molecular flexibility index (Phi) is 4.60. The van der Waals surface area contributed by atoms with Crippen LogP contribution in [0.2, 0.25) is 0 Å². The highest BCUT2D eigenvalue weighted by Gasteiger charge is 2.21. The molecule has 0 saturated heterocycles. The highest BCUT2D eigenvalue weighted by Crippen LogP contribution is 2.25. The first-order valence-electron chi connectivity index (χ1n) is 6.31. The number of ether oxygens (including phenoxy) is 1. The number of rotatable bonds is 3. The molecule has 20 heavy (non-hydrogen) atoms. The molecule has 1 N–H and O–H groups in total. The van der Waals surface area contributed by atoms with E-state index < -0.39 is 11.6 Å². The summed E-state index contributed by atoms with van der Waals surface area (Å²) in [5.74, 6) is -0.808. The molecule has 1 unspecified atom stereocenters. The van der Waals surface area contributed by atoms with E-state index in [0.717, 1.165) is 36.7 Å². The van der Waals surface area contributed by atoms with Crippen molar-refractivity contribution in [2.24, 2.45) is 5.92 Å². The molecule has 1 aliphatic carbocycles. The molecule has 6 heteroatoms.